The molecule has 0 heterocycles. The number of rotatable bonds is 3. The maximum absolute atomic E-state index is 11.9. The number of hydrogen-bond donors (Lipinski definition) is 0. The summed E-state index contributed by atoms with van der Waals surface area (Å²) in [4.78, 5) is 11.9. The molecule has 0 aromatic rings. The van der Waals surface area contributed by atoms with Crippen LogP contribution in [-0.2, 0) is 4.79 Å². The van der Waals surface area contributed by atoms with E-state index in [0.29, 0.717) is 23.0 Å². The van der Waals surface area contributed by atoms with Crippen LogP contribution in [0.25, 0.3) is 0 Å². The van der Waals surface area contributed by atoms with Crippen molar-refractivity contribution in [3.05, 3.63) is 12.2 Å². The molecule has 6 atom stereocenters. The molecular formula is C15H22O. The molecule has 2 saturated carbocycles. The van der Waals surface area contributed by atoms with Crippen molar-refractivity contribution < 1.29 is 4.79 Å². The van der Waals surface area contributed by atoms with Crippen LogP contribution in [0.1, 0.15) is 40.0 Å². The summed E-state index contributed by atoms with van der Waals surface area (Å²) in [5.41, 5.74) is 0.403. The second kappa shape index (κ2) is 3.21. The minimum absolute atomic E-state index is 0.383. The highest BCUT2D eigenvalue weighted by atomic mass is 16.1. The van der Waals surface area contributed by atoms with Gasteiger partial charge in [-0.1, -0.05) is 32.4 Å². The van der Waals surface area contributed by atoms with Crippen LogP contribution < -0.4 is 0 Å². The third-order valence-electron chi connectivity index (χ3n) is 5.93. The minimum Gasteiger partial charge on any atom is -0.300 e. The first-order valence-electron chi connectivity index (χ1n) is 6.85. The van der Waals surface area contributed by atoms with Gasteiger partial charge < -0.3 is 0 Å². The van der Waals surface area contributed by atoms with Crippen molar-refractivity contribution >= 4 is 5.78 Å². The van der Waals surface area contributed by atoms with E-state index in [0.717, 1.165) is 17.8 Å². The SMILES string of the molecule is CCC1C(C(C)=O)C2(CC)C3CC=CC3C12. The first-order chi connectivity index (χ1) is 7.68. The molecule has 0 aromatic carbocycles. The Hall–Kier alpha value is -0.590. The molecule has 0 spiro atoms. The fourth-order valence-corrected chi connectivity index (χ4v) is 5.60. The van der Waals surface area contributed by atoms with Crippen LogP contribution in [0.3, 0.4) is 0 Å². The molecule has 2 fully saturated rings. The molecule has 1 nitrogen and oxygen atoms in total. The second-order valence-corrected chi connectivity index (χ2v) is 6.00. The number of carbonyl (C=O) groups excluding carboxylic acids is 1. The normalized spacial score (nSPS) is 52.6. The summed E-state index contributed by atoms with van der Waals surface area (Å²) < 4.78 is 0. The van der Waals surface area contributed by atoms with Crippen molar-refractivity contribution in [2.24, 2.45) is 35.0 Å². The van der Waals surface area contributed by atoms with Gasteiger partial charge in [0.1, 0.15) is 5.78 Å². The first kappa shape index (κ1) is 10.6. The molecule has 0 N–H and O–H groups in total. The van der Waals surface area contributed by atoms with Crippen molar-refractivity contribution in [3.63, 3.8) is 0 Å². The minimum atomic E-state index is 0.383. The number of ketones is 1. The van der Waals surface area contributed by atoms with Gasteiger partial charge >= 0.3 is 0 Å². The zero-order valence-electron chi connectivity index (χ0n) is 10.6. The van der Waals surface area contributed by atoms with Gasteiger partial charge in [0.15, 0.2) is 0 Å². The van der Waals surface area contributed by atoms with Gasteiger partial charge in [0.05, 0.1) is 0 Å². The van der Waals surface area contributed by atoms with E-state index >= 15 is 0 Å². The van der Waals surface area contributed by atoms with Gasteiger partial charge in [-0.15, -0.1) is 0 Å². The highest BCUT2D eigenvalue weighted by Crippen LogP contribution is 2.77. The zero-order chi connectivity index (χ0) is 11.5. The van der Waals surface area contributed by atoms with Crippen LogP contribution in [0.15, 0.2) is 12.2 Å². The van der Waals surface area contributed by atoms with Crippen LogP contribution >= 0.6 is 0 Å². The number of carbonyl (C=O) groups is 1. The van der Waals surface area contributed by atoms with E-state index in [-0.39, 0.29) is 0 Å². The molecular weight excluding hydrogens is 196 g/mol. The molecule has 3 rings (SSSR count). The zero-order valence-corrected chi connectivity index (χ0v) is 10.6. The smallest absolute Gasteiger partial charge is 0.133 e. The van der Waals surface area contributed by atoms with E-state index in [1.807, 2.05) is 6.92 Å². The summed E-state index contributed by atoms with van der Waals surface area (Å²) in [6.45, 7) is 6.37. The summed E-state index contributed by atoms with van der Waals surface area (Å²) in [6.07, 6.45) is 8.42. The Morgan fingerprint density at radius 3 is 2.75 bits per heavy atom. The molecule has 0 saturated heterocycles. The highest BCUT2D eigenvalue weighted by Gasteiger charge is 2.75. The van der Waals surface area contributed by atoms with Crippen molar-refractivity contribution in [2.75, 3.05) is 0 Å². The Labute approximate surface area is 98.3 Å². The Morgan fingerprint density at radius 1 is 1.44 bits per heavy atom. The lowest BCUT2D eigenvalue weighted by atomic mass is 9.28. The van der Waals surface area contributed by atoms with Crippen molar-refractivity contribution in [1.29, 1.82) is 0 Å². The number of fused-ring (bicyclic) bond motifs is 4. The van der Waals surface area contributed by atoms with Crippen LogP contribution in [0.2, 0.25) is 0 Å². The van der Waals surface area contributed by atoms with Gasteiger partial charge in [-0.2, -0.15) is 0 Å². The molecule has 1 heteroatoms. The first-order valence-corrected chi connectivity index (χ1v) is 6.85. The monoisotopic (exact) mass is 218 g/mol. The van der Waals surface area contributed by atoms with Gasteiger partial charge in [-0.3, -0.25) is 4.79 Å². The Morgan fingerprint density at radius 2 is 2.19 bits per heavy atom. The van der Waals surface area contributed by atoms with E-state index in [1.54, 1.807) is 0 Å². The quantitative estimate of drug-likeness (QED) is 0.663. The maximum Gasteiger partial charge on any atom is 0.133 e. The van der Waals surface area contributed by atoms with E-state index in [2.05, 4.69) is 26.0 Å². The highest BCUT2D eigenvalue weighted by molar-refractivity contribution is 5.81. The molecule has 0 aromatic heterocycles. The van der Waals surface area contributed by atoms with Gasteiger partial charge in [-0.25, -0.2) is 0 Å². The molecule has 16 heavy (non-hydrogen) atoms. The molecule has 0 radical (unpaired) electrons. The maximum atomic E-state index is 11.9. The molecule has 88 valence electrons. The fraction of sp³-hybridized carbons (Fsp3) is 0.800. The van der Waals surface area contributed by atoms with Crippen LogP contribution in [0, 0.1) is 35.0 Å². The van der Waals surface area contributed by atoms with Crippen molar-refractivity contribution in [1.82, 2.24) is 0 Å². The lowest BCUT2D eigenvalue weighted by Gasteiger charge is -2.75. The lowest BCUT2D eigenvalue weighted by molar-refractivity contribution is -0.265. The topological polar surface area (TPSA) is 17.1 Å². The third-order valence-corrected chi connectivity index (χ3v) is 5.93. The second-order valence-electron chi connectivity index (χ2n) is 6.00. The molecule has 0 aliphatic heterocycles. The lowest BCUT2D eigenvalue weighted by Crippen LogP contribution is -2.73. The van der Waals surface area contributed by atoms with Gasteiger partial charge in [0.2, 0.25) is 0 Å². The molecule has 3 aliphatic carbocycles. The van der Waals surface area contributed by atoms with E-state index in [4.69, 9.17) is 0 Å². The van der Waals surface area contributed by atoms with Crippen LogP contribution in [-0.4, -0.2) is 5.78 Å². The molecule has 6 unspecified atom stereocenters. The van der Waals surface area contributed by atoms with Crippen molar-refractivity contribution in [3.8, 4) is 0 Å². The largest absolute Gasteiger partial charge is 0.300 e. The Kier molecular flexibility index (Phi) is 2.12. The Bertz CT molecular complexity index is 356. The van der Waals surface area contributed by atoms with Gasteiger partial charge in [-0.05, 0) is 48.9 Å². The predicted octanol–water partition coefficient (Wildman–Crippen LogP) is 3.45. The third kappa shape index (κ3) is 0.881. The number of hydrogen-bond acceptors (Lipinski definition) is 1. The average molecular weight is 218 g/mol. The number of allylic oxidation sites excluding steroid dienone is 2. The summed E-state index contributed by atoms with van der Waals surface area (Å²) in [7, 11) is 0. The average Bonchev–Trinajstić information content (AvgIpc) is 2.63. The van der Waals surface area contributed by atoms with Gasteiger partial charge in [0.25, 0.3) is 0 Å². The van der Waals surface area contributed by atoms with Crippen molar-refractivity contribution in [2.45, 2.75) is 40.0 Å². The van der Waals surface area contributed by atoms with Gasteiger partial charge in [0, 0.05) is 5.92 Å². The number of Topliss-reactive ketones (excluding diaryl/α,β-unsaturated/α-hetero) is 1. The van der Waals surface area contributed by atoms with E-state index in [1.165, 1.54) is 19.3 Å². The summed E-state index contributed by atoms with van der Waals surface area (Å²) >= 11 is 0. The Balaban J connectivity index is 1.94. The molecule has 0 bridgehead atoms. The summed E-state index contributed by atoms with van der Waals surface area (Å²) in [5.74, 6) is 3.98. The van der Waals surface area contributed by atoms with Crippen LogP contribution in [0.4, 0.5) is 0 Å². The standard InChI is InChI=1S/C15H22O/c1-4-10-13(9(3)16)15(5-2)12-8-6-7-11(12)14(10)15/h6-7,10-14H,4-5,8H2,1-3H3. The van der Waals surface area contributed by atoms with E-state index < -0.39 is 0 Å². The summed E-state index contributed by atoms with van der Waals surface area (Å²) in [5, 5.41) is 0. The predicted molar refractivity (Wildman–Crippen MR) is 64.9 cm³/mol. The fourth-order valence-electron chi connectivity index (χ4n) is 5.60. The van der Waals surface area contributed by atoms with Crippen LogP contribution in [0.5, 0.6) is 0 Å². The molecule has 0 amide bonds. The molecule has 3 aliphatic rings. The van der Waals surface area contributed by atoms with E-state index in [9.17, 15) is 4.79 Å². The summed E-state index contributed by atoms with van der Waals surface area (Å²) in [6, 6.07) is 0.